The van der Waals surface area contributed by atoms with Gasteiger partial charge in [-0.3, -0.25) is 0 Å². The maximum Gasteiger partial charge on any atom is 0.0602 e. The number of carbonyl (C=O) groups excluding carboxylic acids is 1. The third-order valence-electron chi connectivity index (χ3n) is 10.3. The predicted octanol–water partition coefficient (Wildman–Crippen LogP) is 2.11. The molecule has 4 saturated carbocycles. The second-order valence-corrected chi connectivity index (χ2v) is 11.4. The largest absolute Gasteiger partial charge is 0.550 e. The molecule has 0 radical (unpaired) electrons. The van der Waals surface area contributed by atoms with Crippen molar-refractivity contribution in [2.45, 2.75) is 96.9 Å². The molecule has 0 aliphatic heterocycles. The summed E-state index contributed by atoms with van der Waals surface area (Å²) >= 11 is 0. The van der Waals surface area contributed by atoms with Crippen LogP contribution in [0.5, 0.6) is 0 Å². The Balaban J connectivity index is 1.61. The third-order valence-corrected chi connectivity index (χ3v) is 10.3. The number of aliphatic hydroxyl groups excluding tert-OH is 3. The highest BCUT2D eigenvalue weighted by molar-refractivity contribution is 5.64. The Bertz CT molecular complexity index is 637. The molecular formula is C24H39O5-. The maximum atomic E-state index is 11.5. The van der Waals surface area contributed by atoms with Crippen molar-refractivity contribution < 1.29 is 25.2 Å². The minimum absolute atomic E-state index is 0.0747. The zero-order valence-electron chi connectivity index (χ0n) is 18.2. The van der Waals surface area contributed by atoms with Gasteiger partial charge in [0.1, 0.15) is 0 Å². The van der Waals surface area contributed by atoms with Crippen molar-refractivity contribution in [2.75, 3.05) is 0 Å². The van der Waals surface area contributed by atoms with Gasteiger partial charge < -0.3 is 25.2 Å². The Morgan fingerprint density at radius 1 is 1.07 bits per heavy atom. The van der Waals surface area contributed by atoms with Crippen molar-refractivity contribution in [1.29, 1.82) is 0 Å². The SMILES string of the molecule is C[C@H](CCC(=O)[O-])[C@H]1CC[C@H]2[C@@H]3C(O)C[C@@H]4CC(O)CC[C@]4(C)[C@H]3C[C@@H](O)[C@]12C. The van der Waals surface area contributed by atoms with E-state index >= 15 is 0 Å². The van der Waals surface area contributed by atoms with E-state index in [4.69, 9.17) is 0 Å². The highest BCUT2D eigenvalue weighted by atomic mass is 16.4. The van der Waals surface area contributed by atoms with E-state index in [0.29, 0.717) is 18.3 Å². The lowest BCUT2D eigenvalue weighted by atomic mass is 9.43. The van der Waals surface area contributed by atoms with Gasteiger partial charge in [-0.2, -0.15) is 0 Å². The lowest BCUT2D eigenvalue weighted by Crippen LogP contribution is -2.62. The molecule has 5 heteroatoms. The molecule has 4 rings (SSSR count). The fraction of sp³-hybridized carbons (Fsp3) is 0.958. The van der Waals surface area contributed by atoms with E-state index in [0.717, 1.165) is 44.9 Å². The first-order valence-corrected chi connectivity index (χ1v) is 11.8. The number of aliphatic hydroxyl groups is 3. The molecule has 0 saturated heterocycles. The lowest BCUT2D eigenvalue weighted by Gasteiger charge is -2.63. The Morgan fingerprint density at radius 3 is 2.48 bits per heavy atom. The molecule has 29 heavy (non-hydrogen) atoms. The van der Waals surface area contributed by atoms with Gasteiger partial charge in [-0.1, -0.05) is 20.8 Å². The number of rotatable bonds is 4. The van der Waals surface area contributed by atoms with Gasteiger partial charge in [-0.15, -0.1) is 0 Å². The van der Waals surface area contributed by atoms with E-state index in [1.54, 1.807) is 0 Å². The Hall–Kier alpha value is -0.650. The van der Waals surface area contributed by atoms with Crippen molar-refractivity contribution in [3.05, 3.63) is 0 Å². The van der Waals surface area contributed by atoms with Crippen molar-refractivity contribution in [1.82, 2.24) is 0 Å². The first-order valence-electron chi connectivity index (χ1n) is 11.8. The van der Waals surface area contributed by atoms with Gasteiger partial charge in [0.25, 0.3) is 0 Å². The molecular weight excluding hydrogens is 368 g/mol. The van der Waals surface area contributed by atoms with E-state index in [9.17, 15) is 25.2 Å². The van der Waals surface area contributed by atoms with Gasteiger partial charge in [0.15, 0.2) is 0 Å². The summed E-state index contributed by atoms with van der Waals surface area (Å²) in [6.45, 7) is 6.67. The monoisotopic (exact) mass is 407 g/mol. The van der Waals surface area contributed by atoms with Crippen LogP contribution in [0.4, 0.5) is 0 Å². The number of fused-ring (bicyclic) bond motifs is 5. The van der Waals surface area contributed by atoms with E-state index in [1.807, 2.05) is 0 Å². The summed E-state index contributed by atoms with van der Waals surface area (Å²) in [6, 6.07) is 0. The second kappa shape index (κ2) is 7.49. The minimum Gasteiger partial charge on any atom is -0.550 e. The molecule has 0 bridgehead atoms. The van der Waals surface area contributed by atoms with Crippen LogP contribution < -0.4 is 5.11 Å². The van der Waals surface area contributed by atoms with Gasteiger partial charge in [0, 0.05) is 5.97 Å². The zero-order valence-corrected chi connectivity index (χ0v) is 18.2. The van der Waals surface area contributed by atoms with Crippen molar-refractivity contribution >= 4 is 5.97 Å². The molecule has 166 valence electrons. The Morgan fingerprint density at radius 2 is 1.79 bits per heavy atom. The van der Waals surface area contributed by atoms with Crippen LogP contribution in [0.25, 0.3) is 0 Å². The average molecular weight is 408 g/mol. The first-order chi connectivity index (χ1) is 13.6. The van der Waals surface area contributed by atoms with Crippen molar-refractivity contribution in [3.8, 4) is 0 Å². The molecule has 11 atom stereocenters. The molecule has 3 N–H and O–H groups in total. The fourth-order valence-electron chi connectivity index (χ4n) is 8.68. The molecule has 0 aromatic rings. The van der Waals surface area contributed by atoms with Crippen LogP contribution in [-0.4, -0.2) is 39.6 Å². The van der Waals surface area contributed by atoms with E-state index in [-0.39, 0.29) is 53.1 Å². The normalized spacial score (nSPS) is 52.9. The summed E-state index contributed by atoms with van der Waals surface area (Å²) in [5, 5.41) is 43.9. The number of aliphatic carboxylic acids is 1. The molecule has 4 aliphatic rings. The molecule has 5 nitrogen and oxygen atoms in total. The fourth-order valence-corrected chi connectivity index (χ4v) is 8.68. The van der Waals surface area contributed by atoms with Crippen LogP contribution in [0.2, 0.25) is 0 Å². The summed E-state index contributed by atoms with van der Waals surface area (Å²) in [5.41, 5.74) is -0.172. The van der Waals surface area contributed by atoms with Gasteiger partial charge >= 0.3 is 0 Å². The maximum absolute atomic E-state index is 11.5. The topological polar surface area (TPSA) is 101 Å². The summed E-state index contributed by atoms with van der Waals surface area (Å²) in [6.07, 6.45) is 5.72. The smallest absolute Gasteiger partial charge is 0.0602 e. The van der Waals surface area contributed by atoms with Gasteiger partial charge in [0.05, 0.1) is 18.3 Å². The molecule has 2 unspecified atom stereocenters. The summed E-state index contributed by atoms with van der Waals surface area (Å²) in [5.74, 6) is 0.635. The third kappa shape index (κ3) is 3.27. The number of carboxylic acids is 1. The van der Waals surface area contributed by atoms with E-state index < -0.39 is 12.1 Å². The van der Waals surface area contributed by atoms with Crippen LogP contribution in [0, 0.1) is 46.3 Å². The predicted molar refractivity (Wildman–Crippen MR) is 107 cm³/mol. The lowest BCUT2D eigenvalue weighted by molar-refractivity contribution is -0.306. The van der Waals surface area contributed by atoms with Crippen LogP contribution in [-0.2, 0) is 4.79 Å². The average Bonchev–Trinajstić information content (AvgIpc) is 3.01. The molecule has 0 spiro atoms. The van der Waals surface area contributed by atoms with Crippen LogP contribution >= 0.6 is 0 Å². The van der Waals surface area contributed by atoms with Crippen LogP contribution in [0.3, 0.4) is 0 Å². The Kier molecular flexibility index (Phi) is 5.57. The summed E-state index contributed by atoms with van der Waals surface area (Å²) in [4.78, 5) is 11.0. The van der Waals surface area contributed by atoms with Crippen LogP contribution in [0.1, 0.15) is 78.6 Å². The summed E-state index contributed by atoms with van der Waals surface area (Å²) < 4.78 is 0. The quantitative estimate of drug-likeness (QED) is 0.663. The number of carboxylic acid groups (broad SMARTS) is 1. The second-order valence-electron chi connectivity index (χ2n) is 11.4. The highest BCUT2D eigenvalue weighted by Gasteiger charge is 2.65. The minimum atomic E-state index is -0.998. The van der Waals surface area contributed by atoms with Crippen molar-refractivity contribution in [2.24, 2.45) is 46.3 Å². The van der Waals surface area contributed by atoms with Gasteiger partial charge in [0.2, 0.25) is 0 Å². The van der Waals surface area contributed by atoms with Gasteiger partial charge in [-0.25, -0.2) is 0 Å². The van der Waals surface area contributed by atoms with E-state index in [2.05, 4.69) is 20.8 Å². The number of carbonyl (C=O) groups is 1. The standard InChI is InChI=1S/C24H40O5/c1-13(4-7-21(28)29)16-5-6-17-22-18(12-20(27)24(16,17)3)23(2)9-8-15(25)10-14(23)11-19(22)26/h13-20,22,25-27H,4-12H2,1-3H3,(H,28,29)/p-1/t13-,14+,15?,16-,17+,18+,19?,20-,22+,23+,24-/m1/s1. The summed E-state index contributed by atoms with van der Waals surface area (Å²) in [7, 11) is 0. The van der Waals surface area contributed by atoms with Crippen molar-refractivity contribution in [3.63, 3.8) is 0 Å². The molecule has 4 fully saturated rings. The Labute approximate surface area is 174 Å². The van der Waals surface area contributed by atoms with E-state index in [1.165, 1.54) is 0 Å². The molecule has 0 aromatic heterocycles. The molecule has 0 amide bonds. The van der Waals surface area contributed by atoms with Gasteiger partial charge in [-0.05, 0) is 104 Å². The molecule has 4 aliphatic carbocycles. The zero-order chi connectivity index (χ0) is 21.1. The highest BCUT2D eigenvalue weighted by Crippen LogP contribution is 2.68. The van der Waals surface area contributed by atoms with Crippen LogP contribution in [0.15, 0.2) is 0 Å². The molecule has 0 aromatic carbocycles. The number of hydrogen-bond acceptors (Lipinski definition) is 5. The first kappa shape index (κ1) is 21.6. The number of hydrogen-bond donors (Lipinski definition) is 3. The molecule has 0 heterocycles.